The van der Waals surface area contributed by atoms with Crippen molar-refractivity contribution in [3.8, 4) is 5.75 Å². The molecule has 0 saturated carbocycles. The van der Waals surface area contributed by atoms with Crippen LogP contribution in [0, 0.1) is 18.8 Å². The van der Waals surface area contributed by atoms with Crippen molar-refractivity contribution in [2.24, 2.45) is 11.8 Å². The monoisotopic (exact) mass is 414 g/mol. The van der Waals surface area contributed by atoms with Crippen LogP contribution in [-0.2, 0) is 22.9 Å². The summed E-state index contributed by atoms with van der Waals surface area (Å²) in [7, 11) is -2.05. The topological polar surface area (TPSA) is 75.6 Å². The molecular weight excluding hydrogens is 388 g/mol. The minimum atomic E-state index is -3.56. The molecule has 5 rings (SSSR count). The van der Waals surface area contributed by atoms with Gasteiger partial charge in [-0.2, -0.15) is 4.31 Å². The van der Waals surface area contributed by atoms with Gasteiger partial charge in [-0.1, -0.05) is 12.1 Å². The van der Waals surface area contributed by atoms with Crippen LogP contribution in [0.1, 0.15) is 23.5 Å². The minimum Gasteiger partial charge on any atom is -0.495 e. The molecule has 0 bridgehead atoms. The first-order valence-electron chi connectivity index (χ1n) is 10.2. The number of hydrogen-bond donors (Lipinski definition) is 0. The normalized spacial score (nSPS) is 24.0. The number of aromatic nitrogens is 2. The van der Waals surface area contributed by atoms with Crippen LogP contribution in [0.2, 0.25) is 0 Å². The van der Waals surface area contributed by atoms with Gasteiger partial charge in [0.25, 0.3) is 0 Å². The van der Waals surface area contributed by atoms with Crippen molar-refractivity contribution in [3.63, 3.8) is 0 Å². The second kappa shape index (κ2) is 6.95. The summed E-state index contributed by atoms with van der Waals surface area (Å²) in [5.74, 6) is 2.97. The second-order valence-electron chi connectivity index (χ2n) is 8.27. The Hall–Kier alpha value is -2.19. The maximum Gasteiger partial charge on any atom is 0.246 e. The zero-order chi connectivity index (χ0) is 20.2. The van der Waals surface area contributed by atoms with Gasteiger partial charge in [0.15, 0.2) is 0 Å². The van der Waals surface area contributed by atoms with E-state index >= 15 is 0 Å². The number of fused-ring (bicyclic) bond motifs is 2. The molecule has 1 aliphatic carbocycles. The Labute approximate surface area is 171 Å². The second-order valence-corrected chi connectivity index (χ2v) is 10.2. The summed E-state index contributed by atoms with van der Waals surface area (Å²) in [6.45, 7) is 4.76. The average molecular weight is 415 g/mol. The Morgan fingerprint density at radius 3 is 2.48 bits per heavy atom. The summed E-state index contributed by atoms with van der Waals surface area (Å²) in [5.41, 5.74) is 2.50. The molecule has 2 saturated heterocycles. The molecule has 1 aromatic carbocycles. The fourth-order valence-corrected chi connectivity index (χ4v) is 6.79. The number of anilines is 1. The molecule has 0 spiro atoms. The molecule has 8 heteroatoms. The van der Waals surface area contributed by atoms with Gasteiger partial charge in [0, 0.05) is 37.4 Å². The van der Waals surface area contributed by atoms with Crippen LogP contribution < -0.4 is 9.64 Å². The SMILES string of the molecule is COc1ccccc1S(=O)(=O)N1CC2CN(c3nc(C)nc4c3CCC4)CC2C1. The first-order chi connectivity index (χ1) is 14.0. The number of ether oxygens (including phenoxy) is 1. The Bertz CT molecular complexity index is 1040. The van der Waals surface area contributed by atoms with Crippen LogP contribution in [0.15, 0.2) is 29.2 Å². The van der Waals surface area contributed by atoms with Gasteiger partial charge < -0.3 is 9.64 Å². The zero-order valence-electron chi connectivity index (χ0n) is 16.8. The molecule has 2 atom stereocenters. The number of para-hydroxylation sites is 1. The maximum absolute atomic E-state index is 13.2. The number of hydrogen-bond acceptors (Lipinski definition) is 6. The predicted octanol–water partition coefficient (Wildman–Crippen LogP) is 2.04. The fourth-order valence-electron chi connectivity index (χ4n) is 5.08. The molecule has 2 aliphatic heterocycles. The van der Waals surface area contributed by atoms with Gasteiger partial charge in [-0.15, -0.1) is 0 Å². The fraction of sp³-hybridized carbons (Fsp3) is 0.524. The van der Waals surface area contributed by atoms with Crippen LogP contribution in [0.3, 0.4) is 0 Å². The summed E-state index contributed by atoms with van der Waals surface area (Å²) in [6, 6.07) is 6.85. The zero-order valence-corrected chi connectivity index (χ0v) is 17.7. The van der Waals surface area contributed by atoms with Crippen LogP contribution in [0.5, 0.6) is 5.75 Å². The third kappa shape index (κ3) is 3.09. The molecular formula is C21H26N4O3S. The number of methoxy groups -OCH3 is 1. The lowest BCUT2D eigenvalue weighted by atomic mass is 10.0. The number of rotatable bonds is 4. The molecule has 1 aromatic heterocycles. The van der Waals surface area contributed by atoms with Crippen molar-refractivity contribution >= 4 is 15.8 Å². The first-order valence-corrected chi connectivity index (χ1v) is 11.7. The highest BCUT2D eigenvalue weighted by molar-refractivity contribution is 7.89. The van der Waals surface area contributed by atoms with Gasteiger partial charge in [-0.25, -0.2) is 18.4 Å². The van der Waals surface area contributed by atoms with Crippen molar-refractivity contribution < 1.29 is 13.2 Å². The molecule has 29 heavy (non-hydrogen) atoms. The Morgan fingerprint density at radius 1 is 1.03 bits per heavy atom. The predicted molar refractivity (Wildman–Crippen MR) is 110 cm³/mol. The van der Waals surface area contributed by atoms with E-state index in [0.29, 0.717) is 30.7 Å². The largest absolute Gasteiger partial charge is 0.495 e. The van der Waals surface area contributed by atoms with Crippen LogP contribution in [0.25, 0.3) is 0 Å². The summed E-state index contributed by atoms with van der Waals surface area (Å²) in [4.78, 5) is 12.0. The Kier molecular flexibility index (Phi) is 4.51. The first kappa shape index (κ1) is 18.8. The van der Waals surface area contributed by atoms with E-state index in [1.165, 1.54) is 18.4 Å². The van der Waals surface area contributed by atoms with E-state index < -0.39 is 10.0 Å². The van der Waals surface area contributed by atoms with Gasteiger partial charge in [-0.3, -0.25) is 0 Å². The molecule has 0 N–H and O–H groups in total. The molecule has 154 valence electrons. The smallest absolute Gasteiger partial charge is 0.246 e. The molecule has 7 nitrogen and oxygen atoms in total. The Morgan fingerprint density at radius 2 is 1.76 bits per heavy atom. The van der Waals surface area contributed by atoms with Crippen molar-refractivity contribution in [2.45, 2.75) is 31.1 Å². The summed E-state index contributed by atoms with van der Waals surface area (Å²) in [5, 5.41) is 0. The van der Waals surface area contributed by atoms with Crippen LogP contribution >= 0.6 is 0 Å². The highest BCUT2D eigenvalue weighted by atomic mass is 32.2. The summed E-state index contributed by atoms with van der Waals surface area (Å²) >= 11 is 0. The lowest BCUT2D eigenvalue weighted by molar-refractivity contribution is 0.396. The quantitative estimate of drug-likeness (QED) is 0.762. The molecule has 3 aliphatic rings. The van der Waals surface area contributed by atoms with Crippen molar-refractivity contribution in [2.75, 3.05) is 38.2 Å². The van der Waals surface area contributed by atoms with Crippen LogP contribution in [0.4, 0.5) is 5.82 Å². The number of nitrogens with zero attached hydrogens (tertiary/aromatic N) is 4. The number of benzene rings is 1. The molecule has 0 radical (unpaired) electrons. The molecule has 2 unspecified atom stereocenters. The van der Waals surface area contributed by atoms with Gasteiger partial charge in [-0.05, 0) is 50.2 Å². The average Bonchev–Trinajstić information content (AvgIpc) is 3.41. The standard InChI is InChI=1S/C21H26N4O3S/c1-14-22-18-7-5-6-17(18)21(23-14)24-10-15-12-25(13-16(15)11-24)29(26,27)20-9-4-3-8-19(20)28-2/h3-4,8-9,15-16H,5-7,10-13H2,1-2H3. The van der Waals surface area contributed by atoms with E-state index in [9.17, 15) is 8.42 Å². The number of sulfonamides is 1. The maximum atomic E-state index is 13.2. The van der Waals surface area contributed by atoms with Gasteiger partial charge in [0.05, 0.1) is 7.11 Å². The summed E-state index contributed by atoms with van der Waals surface area (Å²) in [6.07, 6.45) is 3.23. The van der Waals surface area contributed by atoms with E-state index in [4.69, 9.17) is 9.72 Å². The molecule has 0 amide bonds. The highest BCUT2D eigenvalue weighted by Gasteiger charge is 2.45. The third-order valence-electron chi connectivity index (χ3n) is 6.46. The van der Waals surface area contributed by atoms with Crippen LogP contribution in [-0.4, -0.2) is 56.0 Å². The molecule has 2 aromatic rings. The van der Waals surface area contributed by atoms with E-state index in [1.54, 1.807) is 28.6 Å². The van der Waals surface area contributed by atoms with Gasteiger partial charge in [0.1, 0.15) is 22.3 Å². The van der Waals surface area contributed by atoms with E-state index in [0.717, 1.165) is 44.0 Å². The van der Waals surface area contributed by atoms with Crippen molar-refractivity contribution in [3.05, 3.63) is 41.3 Å². The summed E-state index contributed by atoms with van der Waals surface area (Å²) < 4.78 is 33.3. The minimum absolute atomic E-state index is 0.253. The van der Waals surface area contributed by atoms with E-state index in [-0.39, 0.29) is 4.90 Å². The van der Waals surface area contributed by atoms with Crippen molar-refractivity contribution in [1.82, 2.24) is 14.3 Å². The lowest BCUT2D eigenvalue weighted by Gasteiger charge is -2.24. The highest BCUT2D eigenvalue weighted by Crippen LogP contribution is 2.39. The Balaban J connectivity index is 1.36. The third-order valence-corrected chi connectivity index (χ3v) is 8.33. The van der Waals surface area contributed by atoms with Gasteiger partial charge in [0.2, 0.25) is 10.0 Å². The number of aryl methyl sites for hydroxylation is 2. The van der Waals surface area contributed by atoms with Crippen molar-refractivity contribution in [1.29, 1.82) is 0 Å². The van der Waals surface area contributed by atoms with E-state index in [1.807, 2.05) is 6.92 Å². The van der Waals surface area contributed by atoms with E-state index in [2.05, 4.69) is 9.88 Å². The molecule has 3 heterocycles. The lowest BCUT2D eigenvalue weighted by Crippen LogP contribution is -2.34. The van der Waals surface area contributed by atoms with Gasteiger partial charge >= 0.3 is 0 Å². The molecule has 2 fully saturated rings.